The second kappa shape index (κ2) is 6.63. The van der Waals surface area contributed by atoms with Gasteiger partial charge in [-0.3, -0.25) is 0 Å². The largest absolute Gasteiger partial charge is 0.0843 e. The topological polar surface area (TPSA) is 0 Å². The Bertz CT molecular complexity index is 978. The van der Waals surface area contributed by atoms with Gasteiger partial charge in [-0.15, -0.1) is 0 Å². The van der Waals surface area contributed by atoms with Gasteiger partial charge in [-0.1, -0.05) is 90.0 Å². The number of rotatable bonds is 2. The van der Waals surface area contributed by atoms with Gasteiger partial charge in [0, 0.05) is 5.02 Å². The average molecular weight is 357 g/mol. The summed E-state index contributed by atoms with van der Waals surface area (Å²) in [5, 5.41) is 0.763. The van der Waals surface area contributed by atoms with E-state index in [2.05, 4.69) is 92.8 Å². The highest BCUT2D eigenvalue weighted by Crippen LogP contribution is 2.54. The first kappa shape index (κ1) is 16.9. The molecule has 0 spiro atoms. The maximum absolute atomic E-state index is 6.18. The molecule has 0 amide bonds. The molecule has 1 heteroatoms. The van der Waals surface area contributed by atoms with Crippen molar-refractivity contribution in [2.75, 3.05) is 0 Å². The number of hydrogen-bond donors (Lipinski definition) is 0. The van der Waals surface area contributed by atoms with Crippen molar-refractivity contribution in [3.05, 3.63) is 124 Å². The van der Waals surface area contributed by atoms with Gasteiger partial charge < -0.3 is 0 Å². The minimum atomic E-state index is -0.280. The van der Waals surface area contributed by atoms with E-state index in [-0.39, 0.29) is 5.41 Å². The van der Waals surface area contributed by atoms with Gasteiger partial charge in [-0.2, -0.15) is 0 Å². The Morgan fingerprint density at radius 3 is 2.27 bits per heavy atom. The summed E-state index contributed by atoms with van der Waals surface area (Å²) in [5.74, 6) is 0. The highest BCUT2D eigenvalue weighted by Gasteiger charge is 2.43. The molecule has 0 heterocycles. The molecule has 0 saturated heterocycles. The molecule has 2 aliphatic rings. The first-order valence-corrected chi connectivity index (χ1v) is 9.29. The average Bonchev–Trinajstić information content (AvgIpc) is 2.83. The summed E-state index contributed by atoms with van der Waals surface area (Å²) < 4.78 is 0. The van der Waals surface area contributed by atoms with Crippen molar-refractivity contribution in [1.82, 2.24) is 0 Å². The van der Waals surface area contributed by atoms with Crippen LogP contribution in [0.3, 0.4) is 0 Å². The van der Waals surface area contributed by atoms with E-state index in [1.54, 1.807) is 0 Å². The number of benzene rings is 2. The Hall–Kier alpha value is -2.57. The van der Waals surface area contributed by atoms with Crippen LogP contribution in [0.2, 0.25) is 5.02 Å². The number of hydrogen-bond acceptors (Lipinski definition) is 0. The van der Waals surface area contributed by atoms with Crippen molar-refractivity contribution in [3.8, 4) is 0 Å². The fourth-order valence-corrected chi connectivity index (χ4v) is 4.15. The van der Waals surface area contributed by atoms with Gasteiger partial charge in [-0.25, -0.2) is 0 Å². The molecular formula is C25H21Cl. The number of allylic oxidation sites excluding steroid dienone is 10. The molecule has 1 atom stereocenters. The molecule has 0 N–H and O–H groups in total. The first-order chi connectivity index (χ1) is 12.6. The molecule has 0 aliphatic heterocycles. The molecular weight excluding hydrogens is 336 g/mol. The summed E-state index contributed by atoms with van der Waals surface area (Å²) in [6, 6.07) is 18.9. The fraction of sp³-hybridized carbons (Fsp3) is 0.120. The highest BCUT2D eigenvalue weighted by atomic mass is 35.5. The van der Waals surface area contributed by atoms with Crippen LogP contribution >= 0.6 is 11.6 Å². The fourth-order valence-electron chi connectivity index (χ4n) is 4.03. The van der Waals surface area contributed by atoms with Crippen LogP contribution in [-0.2, 0) is 5.41 Å². The van der Waals surface area contributed by atoms with Crippen LogP contribution in [-0.4, -0.2) is 0 Å². The first-order valence-electron chi connectivity index (χ1n) is 8.91. The standard InChI is InChI=1S/C25H21Cl/c1-18(2)24-17-22(19-9-5-3-6-10-19)23-11-7-4-8-16-25(23,24)20-12-14-21(26)15-13-20/h3-17H,1-2H3/t25-/m1/s1. The smallest absolute Gasteiger partial charge is 0.0640 e. The van der Waals surface area contributed by atoms with E-state index < -0.39 is 0 Å². The normalized spacial score (nSPS) is 21.1. The van der Waals surface area contributed by atoms with Crippen LogP contribution in [0.1, 0.15) is 25.0 Å². The Morgan fingerprint density at radius 2 is 1.58 bits per heavy atom. The van der Waals surface area contributed by atoms with E-state index in [0.29, 0.717) is 0 Å². The molecule has 0 radical (unpaired) electrons. The van der Waals surface area contributed by atoms with Gasteiger partial charge in [0.25, 0.3) is 0 Å². The maximum atomic E-state index is 6.18. The molecule has 0 bridgehead atoms. The van der Waals surface area contributed by atoms with Gasteiger partial charge in [-0.05, 0) is 59.9 Å². The quantitative estimate of drug-likeness (QED) is 0.540. The second-order valence-corrected chi connectivity index (χ2v) is 7.41. The molecule has 4 rings (SSSR count). The summed E-state index contributed by atoms with van der Waals surface area (Å²) >= 11 is 6.18. The lowest BCUT2D eigenvalue weighted by Gasteiger charge is -2.32. The van der Waals surface area contributed by atoms with Crippen LogP contribution in [0.25, 0.3) is 5.57 Å². The zero-order valence-electron chi connectivity index (χ0n) is 15.0. The van der Waals surface area contributed by atoms with Crippen molar-refractivity contribution < 1.29 is 0 Å². The predicted octanol–water partition coefficient (Wildman–Crippen LogP) is 7.06. The van der Waals surface area contributed by atoms with E-state index in [4.69, 9.17) is 11.6 Å². The van der Waals surface area contributed by atoms with E-state index in [1.807, 2.05) is 12.1 Å². The summed E-state index contributed by atoms with van der Waals surface area (Å²) in [7, 11) is 0. The molecule has 2 aromatic rings. The predicted molar refractivity (Wildman–Crippen MR) is 112 cm³/mol. The second-order valence-electron chi connectivity index (χ2n) is 6.98. The van der Waals surface area contributed by atoms with Crippen LogP contribution in [0, 0.1) is 0 Å². The third-order valence-electron chi connectivity index (χ3n) is 5.18. The lowest BCUT2D eigenvalue weighted by atomic mass is 9.69. The third-order valence-corrected chi connectivity index (χ3v) is 5.43. The molecule has 0 saturated carbocycles. The van der Waals surface area contributed by atoms with Crippen molar-refractivity contribution in [1.29, 1.82) is 0 Å². The zero-order valence-corrected chi connectivity index (χ0v) is 15.8. The Balaban J connectivity index is 2.02. The van der Waals surface area contributed by atoms with E-state index in [1.165, 1.54) is 33.4 Å². The van der Waals surface area contributed by atoms with Gasteiger partial charge >= 0.3 is 0 Å². The van der Waals surface area contributed by atoms with Crippen LogP contribution in [0.5, 0.6) is 0 Å². The van der Waals surface area contributed by atoms with E-state index in [9.17, 15) is 0 Å². The number of halogens is 1. The highest BCUT2D eigenvalue weighted by molar-refractivity contribution is 6.30. The minimum absolute atomic E-state index is 0.280. The van der Waals surface area contributed by atoms with E-state index in [0.717, 1.165) is 5.02 Å². The molecule has 0 unspecified atom stereocenters. The van der Waals surface area contributed by atoms with Crippen molar-refractivity contribution in [2.24, 2.45) is 0 Å². The Kier molecular flexibility index (Phi) is 4.30. The zero-order chi connectivity index (χ0) is 18.1. The van der Waals surface area contributed by atoms with Gasteiger partial charge in [0.2, 0.25) is 0 Å². The minimum Gasteiger partial charge on any atom is -0.0843 e. The number of fused-ring (bicyclic) bond motifs is 1. The Labute approximate surface area is 160 Å². The van der Waals surface area contributed by atoms with Crippen molar-refractivity contribution >= 4 is 17.2 Å². The van der Waals surface area contributed by atoms with Crippen molar-refractivity contribution in [2.45, 2.75) is 19.3 Å². The Morgan fingerprint density at radius 1 is 0.846 bits per heavy atom. The van der Waals surface area contributed by atoms with Crippen LogP contribution < -0.4 is 0 Å². The SMILES string of the molecule is CC(C)=C1C=C(c2ccccc2)C2=CC=CC=C[C@@]21c1ccc(Cl)cc1. The molecule has 128 valence electrons. The van der Waals surface area contributed by atoms with Gasteiger partial charge in [0.1, 0.15) is 0 Å². The lowest BCUT2D eigenvalue weighted by Crippen LogP contribution is -2.25. The lowest BCUT2D eigenvalue weighted by molar-refractivity contribution is 0.791. The van der Waals surface area contributed by atoms with Crippen LogP contribution in [0.15, 0.2) is 108 Å². The van der Waals surface area contributed by atoms with Crippen molar-refractivity contribution in [3.63, 3.8) is 0 Å². The molecule has 2 aliphatic carbocycles. The summed E-state index contributed by atoms with van der Waals surface area (Å²) in [5.41, 5.74) is 7.47. The van der Waals surface area contributed by atoms with Gasteiger partial charge in [0.15, 0.2) is 0 Å². The molecule has 26 heavy (non-hydrogen) atoms. The van der Waals surface area contributed by atoms with E-state index >= 15 is 0 Å². The molecule has 0 aromatic heterocycles. The summed E-state index contributed by atoms with van der Waals surface area (Å²) in [4.78, 5) is 0. The monoisotopic (exact) mass is 356 g/mol. The maximum Gasteiger partial charge on any atom is 0.0640 e. The summed E-state index contributed by atoms with van der Waals surface area (Å²) in [6.07, 6.45) is 13.3. The molecule has 0 nitrogen and oxygen atoms in total. The molecule has 2 aromatic carbocycles. The van der Waals surface area contributed by atoms with Crippen LogP contribution in [0.4, 0.5) is 0 Å². The third kappa shape index (κ3) is 2.62. The van der Waals surface area contributed by atoms with Gasteiger partial charge in [0.05, 0.1) is 5.41 Å². The molecule has 0 fully saturated rings. The summed E-state index contributed by atoms with van der Waals surface area (Å²) in [6.45, 7) is 4.39.